The predicted octanol–water partition coefficient (Wildman–Crippen LogP) is 2.62. The number of nitro benzene ring substituents is 1. The number of nitrogen functional groups attached to an aromatic ring is 1. The molecule has 0 radical (unpaired) electrons. The average Bonchev–Trinajstić information content (AvgIpc) is 2.31. The van der Waals surface area contributed by atoms with E-state index in [0.717, 1.165) is 0 Å². The van der Waals surface area contributed by atoms with Gasteiger partial charge in [0, 0.05) is 17.3 Å². The van der Waals surface area contributed by atoms with Crippen LogP contribution in [0.1, 0.15) is 5.56 Å². The van der Waals surface area contributed by atoms with Gasteiger partial charge in [0.25, 0.3) is 5.69 Å². The number of benzene rings is 1. The number of aromatic nitrogens is 1. The molecule has 0 saturated heterocycles. The van der Waals surface area contributed by atoms with Crippen molar-refractivity contribution in [2.45, 2.75) is 6.92 Å². The molecule has 0 aliphatic heterocycles. The molecule has 0 saturated carbocycles. The molecule has 2 aromatic rings. The van der Waals surface area contributed by atoms with E-state index in [1.807, 2.05) is 0 Å². The van der Waals surface area contributed by atoms with Gasteiger partial charge in [-0.3, -0.25) is 10.1 Å². The molecule has 0 aliphatic rings. The van der Waals surface area contributed by atoms with E-state index < -0.39 is 4.92 Å². The molecule has 1 aromatic heterocycles. The Kier molecular flexibility index (Phi) is 3.09. The van der Waals surface area contributed by atoms with Gasteiger partial charge < -0.3 is 11.1 Å². The highest BCUT2D eigenvalue weighted by Crippen LogP contribution is 2.24. The lowest BCUT2D eigenvalue weighted by Gasteiger charge is -2.06. The van der Waals surface area contributed by atoms with E-state index >= 15 is 0 Å². The standard InChI is InChI=1S/C12H12N4O2/c1-8-5-6-9(7-10(8)16(17)18)14-12-4-2-3-11(13)15-12/h2-7H,1H3,(H3,13,14,15). The first-order chi connectivity index (χ1) is 8.56. The number of hydrogen-bond donors (Lipinski definition) is 2. The lowest BCUT2D eigenvalue weighted by atomic mass is 10.2. The third kappa shape index (κ3) is 2.54. The summed E-state index contributed by atoms with van der Waals surface area (Å²) in [5.41, 5.74) is 6.85. The summed E-state index contributed by atoms with van der Waals surface area (Å²) in [6.45, 7) is 1.70. The Morgan fingerprint density at radius 3 is 2.78 bits per heavy atom. The fraction of sp³-hybridized carbons (Fsp3) is 0.0833. The second-order valence-corrected chi connectivity index (χ2v) is 3.83. The van der Waals surface area contributed by atoms with Crippen LogP contribution in [0, 0.1) is 17.0 Å². The van der Waals surface area contributed by atoms with Crippen molar-refractivity contribution in [3.8, 4) is 0 Å². The summed E-state index contributed by atoms with van der Waals surface area (Å²) in [6.07, 6.45) is 0. The average molecular weight is 244 g/mol. The Labute approximate surface area is 104 Å². The molecule has 2 rings (SSSR count). The van der Waals surface area contributed by atoms with Crippen LogP contribution in [0.4, 0.5) is 23.0 Å². The van der Waals surface area contributed by atoms with E-state index in [2.05, 4.69) is 10.3 Å². The third-order valence-electron chi connectivity index (χ3n) is 2.45. The summed E-state index contributed by atoms with van der Waals surface area (Å²) >= 11 is 0. The summed E-state index contributed by atoms with van der Waals surface area (Å²) in [4.78, 5) is 14.5. The summed E-state index contributed by atoms with van der Waals surface area (Å²) in [5.74, 6) is 0.940. The summed E-state index contributed by atoms with van der Waals surface area (Å²) in [5, 5.41) is 13.8. The van der Waals surface area contributed by atoms with Crippen LogP contribution in [0.2, 0.25) is 0 Å². The van der Waals surface area contributed by atoms with Crippen LogP contribution in [0.25, 0.3) is 0 Å². The van der Waals surface area contributed by atoms with Crippen LogP contribution in [0.15, 0.2) is 36.4 Å². The van der Waals surface area contributed by atoms with Gasteiger partial charge in [-0.15, -0.1) is 0 Å². The van der Waals surface area contributed by atoms with Crippen molar-refractivity contribution in [1.29, 1.82) is 0 Å². The molecule has 92 valence electrons. The van der Waals surface area contributed by atoms with Gasteiger partial charge in [-0.05, 0) is 25.1 Å². The molecule has 0 fully saturated rings. The van der Waals surface area contributed by atoms with Crippen LogP contribution in [0.5, 0.6) is 0 Å². The zero-order chi connectivity index (χ0) is 13.1. The molecule has 1 heterocycles. The second-order valence-electron chi connectivity index (χ2n) is 3.83. The number of nitro groups is 1. The zero-order valence-corrected chi connectivity index (χ0v) is 9.75. The monoisotopic (exact) mass is 244 g/mol. The van der Waals surface area contributed by atoms with Crippen molar-refractivity contribution in [3.63, 3.8) is 0 Å². The van der Waals surface area contributed by atoms with Gasteiger partial charge in [-0.25, -0.2) is 4.98 Å². The fourth-order valence-corrected chi connectivity index (χ4v) is 1.55. The van der Waals surface area contributed by atoms with Gasteiger partial charge in [-0.2, -0.15) is 0 Å². The van der Waals surface area contributed by atoms with Crippen LogP contribution >= 0.6 is 0 Å². The van der Waals surface area contributed by atoms with Crippen LogP contribution in [0.3, 0.4) is 0 Å². The van der Waals surface area contributed by atoms with E-state index in [1.165, 1.54) is 6.07 Å². The molecule has 0 atom stereocenters. The number of rotatable bonds is 3. The summed E-state index contributed by atoms with van der Waals surface area (Å²) in [6, 6.07) is 10.1. The molecule has 18 heavy (non-hydrogen) atoms. The van der Waals surface area contributed by atoms with Crippen molar-refractivity contribution >= 4 is 23.0 Å². The Bertz CT molecular complexity index is 598. The van der Waals surface area contributed by atoms with Crippen molar-refractivity contribution < 1.29 is 4.92 Å². The number of nitrogens with one attached hydrogen (secondary N) is 1. The second kappa shape index (κ2) is 4.70. The van der Waals surface area contributed by atoms with Crippen molar-refractivity contribution in [2.75, 3.05) is 11.1 Å². The Hall–Kier alpha value is -2.63. The number of nitrogens with two attached hydrogens (primary N) is 1. The van der Waals surface area contributed by atoms with E-state index in [9.17, 15) is 10.1 Å². The minimum atomic E-state index is -0.409. The topological polar surface area (TPSA) is 94.1 Å². The highest BCUT2D eigenvalue weighted by Gasteiger charge is 2.11. The van der Waals surface area contributed by atoms with Gasteiger partial charge in [0.2, 0.25) is 0 Å². The lowest BCUT2D eigenvalue weighted by molar-refractivity contribution is -0.385. The molecule has 0 aliphatic carbocycles. The highest BCUT2D eigenvalue weighted by atomic mass is 16.6. The molecule has 0 unspecified atom stereocenters. The first kappa shape index (κ1) is 11.8. The Morgan fingerprint density at radius 2 is 2.11 bits per heavy atom. The zero-order valence-electron chi connectivity index (χ0n) is 9.75. The molecule has 1 aromatic carbocycles. The van der Waals surface area contributed by atoms with Crippen molar-refractivity contribution in [2.24, 2.45) is 0 Å². The number of aryl methyl sites for hydroxylation is 1. The number of nitrogens with zero attached hydrogens (tertiary/aromatic N) is 2. The lowest BCUT2D eigenvalue weighted by Crippen LogP contribution is -1.98. The summed E-state index contributed by atoms with van der Waals surface area (Å²) in [7, 11) is 0. The number of pyridine rings is 1. The van der Waals surface area contributed by atoms with Crippen molar-refractivity contribution in [3.05, 3.63) is 52.1 Å². The normalized spacial score (nSPS) is 10.1. The van der Waals surface area contributed by atoms with E-state index in [0.29, 0.717) is 22.9 Å². The van der Waals surface area contributed by atoms with E-state index in [-0.39, 0.29) is 5.69 Å². The maximum atomic E-state index is 10.8. The largest absolute Gasteiger partial charge is 0.384 e. The van der Waals surface area contributed by atoms with Crippen LogP contribution < -0.4 is 11.1 Å². The van der Waals surface area contributed by atoms with Gasteiger partial charge >= 0.3 is 0 Å². The summed E-state index contributed by atoms with van der Waals surface area (Å²) < 4.78 is 0. The Morgan fingerprint density at radius 1 is 1.33 bits per heavy atom. The molecule has 6 heteroatoms. The maximum absolute atomic E-state index is 10.8. The van der Waals surface area contributed by atoms with Gasteiger partial charge in [0.15, 0.2) is 0 Å². The van der Waals surface area contributed by atoms with Crippen LogP contribution in [-0.2, 0) is 0 Å². The molecule has 0 amide bonds. The SMILES string of the molecule is Cc1ccc(Nc2cccc(N)n2)cc1[N+](=O)[O-]. The maximum Gasteiger partial charge on any atom is 0.274 e. The molecular weight excluding hydrogens is 232 g/mol. The predicted molar refractivity (Wildman–Crippen MR) is 69.8 cm³/mol. The minimum absolute atomic E-state index is 0.0731. The molecular formula is C12H12N4O2. The molecule has 6 nitrogen and oxygen atoms in total. The van der Waals surface area contributed by atoms with Crippen LogP contribution in [-0.4, -0.2) is 9.91 Å². The number of anilines is 3. The van der Waals surface area contributed by atoms with Gasteiger partial charge in [0.1, 0.15) is 11.6 Å². The fourth-order valence-electron chi connectivity index (χ4n) is 1.55. The Balaban J connectivity index is 2.30. The van der Waals surface area contributed by atoms with Crippen molar-refractivity contribution in [1.82, 2.24) is 4.98 Å². The first-order valence-electron chi connectivity index (χ1n) is 5.31. The molecule has 0 bridgehead atoms. The quantitative estimate of drug-likeness (QED) is 0.639. The van der Waals surface area contributed by atoms with E-state index in [4.69, 9.17) is 5.73 Å². The minimum Gasteiger partial charge on any atom is -0.384 e. The van der Waals surface area contributed by atoms with Gasteiger partial charge in [0.05, 0.1) is 4.92 Å². The molecule has 3 N–H and O–H groups in total. The first-order valence-corrected chi connectivity index (χ1v) is 5.31. The third-order valence-corrected chi connectivity index (χ3v) is 2.45. The highest BCUT2D eigenvalue weighted by molar-refractivity contribution is 5.62. The van der Waals surface area contributed by atoms with Gasteiger partial charge in [-0.1, -0.05) is 12.1 Å². The smallest absolute Gasteiger partial charge is 0.274 e. The number of hydrogen-bond acceptors (Lipinski definition) is 5. The molecule has 0 spiro atoms. The van der Waals surface area contributed by atoms with E-state index in [1.54, 1.807) is 37.3 Å².